The minimum Gasteiger partial charge on any atom is -0.392 e. The predicted octanol–water partition coefficient (Wildman–Crippen LogP) is 0.383. The average Bonchev–Trinajstić information content (AvgIpc) is 2.31. The lowest BCUT2D eigenvalue weighted by atomic mass is 10.2. The number of benzene rings is 1. The number of aryl methyl sites for hydroxylation is 1. The Kier molecular flexibility index (Phi) is 5.86. The van der Waals surface area contributed by atoms with Crippen LogP contribution in [0.3, 0.4) is 0 Å². The van der Waals surface area contributed by atoms with Crippen molar-refractivity contribution in [2.75, 3.05) is 19.6 Å². The summed E-state index contributed by atoms with van der Waals surface area (Å²) in [5, 5.41) is 11.9. The summed E-state index contributed by atoms with van der Waals surface area (Å²) in [4.78, 5) is -0.344. The Labute approximate surface area is 112 Å². The summed E-state index contributed by atoms with van der Waals surface area (Å²) < 4.78 is 39.5. The summed E-state index contributed by atoms with van der Waals surface area (Å²) >= 11 is 0. The summed E-state index contributed by atoms with van der Waals surface area (Å²) in [5.74, 6) is -0.768. The summed E-state index contributed by atoms with van der Waals surface area (Å²) in [6.07, 6.45) is -0.495. The van der Waals surface area contributed by atoms with Gasteiger partial charge in [-0.1, -0.05) is 6.07 Å². The Hall–Kier alpha value is -1.02. The molecule has 0 spiro atoms. The van der Waals surface area contributed by atoms with E-state index in [-0.39, 0.29) is 11.4 Å². The maximum atomic E-state index is 13.5. The second-order valence-corrected chi connectivity index (χ2v) is 6.12. The number of sulfonamides is 1. The van der Waals surface area contributed by atoms with Crippen LogP contribution >= 0.6 is 0 Å². The molecule has 0 fully saturated rings. The maximum Gasteiger partial charge on any atom is 0.243 e. The lowest BCUT2D eigenvalue weighted by molar-refractivity contribution is 0.192. The lowest BCUT2D eigenvalue weighted by Crippen LogP contribution is -2.34. The molecule has 0 aliphatic rings. The molecule has 3 N–H and O–H groups in total. The number of hydrogen-bond acceptors (Lipinski definition) is 4. The van der Waals surface area contributed by atoms with Crippen LogP contribution in [0.1, 0.15) is 12.5 Å². The highest BCUT2D eigenvalue weighted by Gasteiger charge is 2.18. The molecule has 1 unspecified atom stereocenters. The first-order valence-electron chi connectivity index (χ1n) is 5.97. The fourth-order valence-electron chi connectivity index (χ4n) is 1.48. The average molecular weight is 290 g/mol. The largest absolute Gasteiger partial charge is 0.392 e. The number of rotatable bonds is 7. The van der Waals surface area contributed by atoms with Gasteiger partial charge in [0.1, 0.15) is 10.7 Å². The van der Waals surface area contributed by atoms with E-state index in [1.54, 1.807) is 13.8 Å². The van der Waals surface area contributed by atoms with E-state index in [9.17, 15) is 12.8 Å². The van der Waals surface area contributed by atoms with Crippen molar-refractivity contribution in [1.29, 1.82) is 0 Å². The molecule has 7 heteroatoms. The fraction of sp³-hybridized carbons (Fsp3) is 0.500. The number of nitrogens with one attached hydrogen (secondary N) is 2. The van der Waals surface area contributed by atoms with Gasteiger partial charge in [0, 0.05) is 19.6 Å². The maximum absolute atomic E-state index is 13.5. The third kappa shape index (κ3) is 5.23. The van der Waals surface area contributed by atoms with Gasteiger partial charge in [0.05, 0.1) is 6.10 Å². The Morgan fingerprint density at radius 2 is 2.05 bits per heavy atom. The monoisotopic (exact) mass is 290 g/mol. The molecule has 0 bridgehead atoms. The smallest absolute Gasteiger partial charge is 0.243 e. The minimum absolute atomic E-state index is 0.127. The lowest BCUT2D eigenvalue weighted by Gasteiger charge is -2.10. The van der Waals surface area contributed by atoms with Crippen LogP contribution < -0.4 is 10.0 Å². The predicted molar refractivity (Wildman–Crippen MR) is 70.9 cm³/mol. The van der Waals surface area contributed by atoms with Crippen LogP contribution in [0.4, 0.5) is 4.39 Å². The van der Waals surface area contributed by atoms with E-state index in [1.165, 1.54) is 12.1 Å². The van der Waals surface area contributed by atoms with Crippen molar-refractivity contribution in [2.45, 2.75) is 24.8 Å². The Bertz CT molecular complexity index is 518. The molecule has 0 aliphatic heterocycles. The molecule has 108 valence electrons. The third-order valence-corrected chi connectivity index (χ3v) is 3.89. The first-order valence-corrected chi connectivity index (χ1v) is 7.46. The standard InChI is InChI=1S/C12H19FN2O3S/c1-9-3-4-11(13)12(7-9)19(17,18)15-6-5-14-8-10(2)16/h3-4,7,10,14-16H,5-6,8H2,1-2H3. The Morgan fingerprint density at radius 3 is 2.68 bits per heavy atom. The van der Waals surface area contributed by atoms with Crippen molar-refractivity contribution < 1.29 is 17.9 Å². The van der Waals surface area contributed by atoms with Gasteiger partial charge in [0.25, 0.3) is 0 Å². The zero-order valence-electron chi connectivity index (χ0n) is 11.0. The second-order valence-electron chi connectivity index (χ2n) is 4.38. The van der Waals surface area contributed by atoms with E-state index in [1.807, 2.05) is 0 Å². The molecule has 0 heterocycles. The molecule has 19 heavy (non-hydrogen) atoms. The Balaban J connectivity index is 2.59. The topological polar surface area (TPSA) is 78.4 Å². The first kappa shape index (κ1) is 16.0. The normalized spacial score (nSPS) is 13.5. The number of aliphatic hydroxyl groups is 1. The molecule has 0 saturated heterocycles. The van der Waals surface area contributed by atoms with Crippen LogP contribution in [0, 0.1) is 12.7 Å². The zero-order valence-corrected chi connectivity index (χ0v) is 11.8. The molecule has 1 atom stereocenters. The molecule has 0 saturated carbocycles. The zero-order chi connectivity index (χ0) is 14.5. The van der Waals surface area contributed by atoms with Gasteiger partial charge in [-0.2, -0.15) is 0 Å². The van der Waals surface area contributed by atoms with Gasteiger partial charge < -0.3 is 10.4 Å². The summed E-state index contributed by atoms with van der Waals surface area (Å²) in [7, 11) is -3.84. The van der Waals surface area contributed by atoms with Gasteiger partial charge in [0.2, 0.25) is 10.0 Å². The molecule has 0 radical (unpaired) electrons. The fourth-order valence-corrected chi connectivity index (χ4v) is 2.67. The molecule has 5 nitrogen and oxygen atoms in total. The minimum atomic E-state index is -3.84. The molecule has 1 aromatic carbocycles. The molecule has 0 aliphatic carbocycles. The van der Waals surface area contributed by atoms with Gasteiger partial charge in [0.15, 0.2) is 0 Å². The molecule has 0 amide bonds. The molecule has 1 rings (SSSR count). The van der Waals surface area contributed by atoms with E-state index in [0.717, 1.165) is 6.07 Å². The van der Waals surface area contributed by atoms with E-state index >= 15 is 0 Å². The van der Waals surface area contributed by atoms with Gasteiger partial charge in [-0.05, 0) is 31.5 Å². The quantitative estimate of drug-likeness (QED) is 0.635. The van der Waals surface area contributed by atoms with Crippen LogP contribution in [0.15, 0.2) is 23.1 Å². The van der Waals surface area contributed by atoms with Gasteiger partial charge >= 0.3 is 0 Å². The summed E-state index contributed by atoms with van der Waals surface area (Å²) in [6, 6.07) is 3.94. The number of halogens is 1. The molecular formula is C12H19FN2O3S. The van der Waals surface area contributed by atoms with Crippen molar-refractivity contribution >= 4 is 10.0 Å². The highest BCUT2D eigenvalue weighted by Crippen LogP contribution is 2.15. The highest BCUT2D eigenvalue weighted by molar-refractivity contribution is 7.89. The van der Waals surface area contributed by atoms with E-state index < -0.39 is 21.9 Å². The Morgan fingerprint density at radius 1 is 1.37 bits per heavy atom. The molecule has 1 aromatic rings. The number of hydrogen-bond donors (Lipinski definition) is 3. The van der Waals surface area contributed by atoms with E-state index in [0.29, 0.717) is 18.7 Å². The van der Waals surface area contributed by atoms with E-state index in [4.69, 9.17) is 5.11 Å². The van der Waals surface area contributed by atoms with Crippen LogP contribution in [-0.2, 0) is 10.0 Å². The van der Waals surface area contributed by atoms with Gasteiger partial charge in [-0.25, -0.2) is 17.5 Å². The van der Waals surface area contributed by atoms with Crippen LogP contribution in [-0.4, -0.2) is 39.3 Å². The molecule has 0 aromatic heterocycles. The SMILES string of the molecule is Cc1ccc(F)c(S(=O)(=O)NCCNCC(C)O)c1. The van der Waals surface area contributed by atoms with Crippen molar-refractivity contribution in [1.82, 2.24) is 10.0 Å². The second kappa shape index (κ2) is 6.95. The van der Waals surface area contributed by atoms with Crippen molar-refractivity contribution in [3.8, 4) is 0 Å². The van der Waals surface area contributed by atoms with Crippen LogP contribution in [0.2, 0.25) is 0 Å². The van der Waals surface area contributed by atoms with Crippen molar-refractivity contribution in [2.24, 2.45) is 0 Å². The highest BCUT2D eigenvalue weighted by atomic mass is 32.2. The summed E-state index contributed by atoms with van der Waals surface area (Å²) in [5.41, 5.74) is 0.675. The summed E-state index contributed by atoms with van der Waals surface area (Å²) in [6.45, 7) is 4.18. The van der Waals surface area contributed by atoms with Crippen LogP contribution in [0.5, 0.6) is 0 Å². The van der Waals surface area contributed by atoms with Gasteiger partial charge in [-0.3, -0.25) is 0 Å². The van der Waals surface area contributed by atoms with E-state index in [2.05, 4.69) is 10.0 Å². The molecular weight excluding hydrogens is 271 g/mol. The first-order chi connectivity index (χ1) is 8.83. The number of aliphatic hydroxyl groups excluding tert-OH is 1. The van der Waals surface area contributed by atoms with Crippen LogP contribution in [0.25, 0.3) is 0 Å². The van der Waals surface area contributed by atoms with Crippen molar-refractivity contribution in [3.63, 3.8) is 0 Å². The third-order valence-electron chi connectivity index (χ3n) is 2.41. The van der Waals surface area contributed by atoms with Crippen molar-refractivity contribution in [3.05, 3.63) is 29.6 Å². The van der Waals surface area contributed by atoms with Gasteiger partial charge in [-0.15, -0.1) is 0 Å².